The van der Waals surface area contributed by atoms with E-state index in [1.165, 1.54) is 12.1 Å². The largest absolute Gasteiger partial charge is 0.494 e. The summed E-state index contributed by atoms with van der Waals surface area (Å²) < 4.78 is 24.4. The number of amides is 1. The molecular formula is C20H18FN3O3. The van der Waals surface area contributed by atoms with Gasteiger partial charge in [-0.3, -0.25) is 4.79 Å². The number of carbonyl (C=O) groups is 1. The van der Waals surface area contributed by atoms with E-state index in [1.807, 2.05) is 31.2 Å². The summed E-state index contributed by atoms with van der Waals surface area (Å²) in [6.07, 6.45) is 0.247. The van der Waals surface area contributed by atoms with Crippen LogP contribution in [0.1, 0.15) is 25.2 Å². The van der Waals surface area contributed by atoms with Gasteiger partial charge in [0.25, 0.3) is 0 Å². The number of nitrogens with zero attached hydrogens (tertiary/aromatic N) is 3. The molecule has 0 N–H and O–H groups in total. The number of hydrogen-bond acceptors (Lipinski definition) is 5. The fourth-order valence-electron chi connectivity index (χ4n) is 3.18. The Morgan fingerprint density at radius 2 is 2.11 bits per heavy atom. The molecule has 0 radical (unpaired) electrons. The molecule has 6 nitrogen and oxygen atoms in total. The normalized spacial score (nSPS) is 16.7. The number of anilines is 1. The van der Waals surface area contributed by atoms with Crippen LogP contribution in [0.2, 0.25) is 0 Å². The molecule has 0 saturated carbocycles. The summed E-state index contributed by atoms with van der Waals surface area (Å²) in [4.78, 5) is 18.4. The number of rotatable bonds is 5. The summed E-state index contributed by atoms with van der Waals surface area (Å²) in [6, 6.07) is 13.4. The predicted molar refractivity (Wildman–Crippen MR) is 97.0 cm³/mol. The molecule has 2 aromatic carbocycles. The monoisotopic (exact) mass is 367 g/mol. The van der Waals surface area contributed by atoms with Crippen LogP contribution in [0.4, 0.5) is 10.1 Å². The van der Waals surface area contributed by atoms with Crippen molar-refractivity contribution in [3.8, 4) is 17.1 Å². The fourth-order valence-corrected chi connectivity index (χ4v) is 3.18. The first-order valence-corrected chi connectivity index (χ1v) is 8.77. The van der Waals surface area contributed by atoms with Crippen molar-refractivity contribution in [1.29, 1.82) is 0 Å². The topological polar surface area (TPSA) is 68.5 Å². The van der Waals surface area contributed by atoms with Crippen LogP contribution in [0, 0.1) is 5.82 Å². The standard InChI is InChI=1S/C20H18FN3O3/c1-2-26-17-8-3-5-13(9-17)19-22-20(27-23-19)14-10-18(25)24(12-14)16-7-4-6-15(21)11-16/h3-9,11,14H,2,10,12H2,1H3. The Balaban J connectivity index is 1.54. The van der Waals surface area contributed by atoms with Crippen LogP contribution in [0.5, 0.6) is 5.75 Å². The van der Waals surface area contributed by atoms with Crippen LogP contribution in [0.15, 0.2) is 53.1 Å². The van der Waals surface area contributed by atoms with Crippen LogP contribution in [-0.4, -0.2) is 29.2 Å². The molecule has 1 aliphatic rings. The number of carbonyl (C=O) groups excluding carboxylic acids is 1. The van der Waals surface area contributed by atoms with Gasteiger partial charge >= 0.3 is 0 Å². The molecule has 2 heterocycles. The highest BCUT2D eigenvalue weighted by Crippen LogP contribution is 2.32. The SMILES string of the molecule is CCOc1cccc(-c2noc(C3CC(=O)N(c4cccc(F)c4)C3)n2)c1. The van der Waals surface area contributed by atoms with Gasteiger partial charge in [-0.15, -0.1) is 0 Å². The highest BCUT2D eigenvalue weighted by Gasteiger charge is 2.35. The van der Waals surface area contributed by atoms with Crippen molar-refractivity contribution >= 4 is 11.6 Å². The fraction of sp³-hybridized carbons (Fsp3) is 0.250. The van der Waals surface area contributed by atoms with Crippen LogP contribution >= 0.6 is 0 Å². The number of hydrogen-bond donors (Lipinski definition) is 0. The summed E-state index contributed by atoms with van der Waals surface area (Å²) in [5, 5.41) is 4.04. The third kappa shape index (κ3) is 3.53. The smallest absolute Gasteiger partial charge is 0.232 e. The molecule has 1 saturated heterocycles. The molecule has 1 unspecified atom stereocenters. The Hall–Kier alpha value is -3.22. The third-order valence-corrected chi connectivity index (χ3v) is 4.44. The van der Waals surface area contributed by atoms with Crippen molar-refractivity contribution in [2.75, 3.05) is 18.1 Å². The van der Waals surface area contributed by atoms with Crippen molar-refractivity contribution in [2.24, 2.45) is 0 Å². The first-order chi connectivity index (χ1) is 13.1. The zero-order valence-corrected chi connectivity index (χ0v) is 14.8. The Kier molecular flexibility index (Phi) is 4.58. The second kappa shape index (κ2) is 7.19. The first kappa shape index (κ1) is 17.2. The minimum Gasteiger partial charge on any atom is -0.494 e. The first-order valence-electron chi connectivity index (χ1n) is 8.77. The van der Waals surface area contributed by atoms with Gasteiger partial charge < -0.3 is 14.2 Å². The third-order valence-electron chi connectivity index (χ3n) is 4.44. The van der Waals surface area contributed by atoms with Crippen LogP contribution < -0.4 is 9.64 Å². The summed E-state index contributed by atoms with van der Waals surface area (Å²) >= 11 is 0. The van der Waals surface area contributed by atoms with Crippen molar-refractivity contribution in [3.05, 3.63) is 60.2 Å². The Morgan fingerprint density at radius 3 is 2.93 bits per heavy atom. The second-order valence-corrected chi connectivity index (χ2v) is 6.30. The van der Waals surface area contributed by atoms with E-state index in [0.717, 1.165) is 11.3 Å². The van der Waals surface area contributed by atoms with Crippen molar-refractivity contribution < 1.29 is 18.4 Å². The van der Waals surface area contributed by atoms with Crippen molar-refractivity contribution in [1.82, 2.24) is 10.1 Å². The molecular weight excluding hydrogens is 349 g/mol. The number of benzene rings is 2. The molecule has 0 aliphatic carbocycles. The summed E-state index contributed by atoms with van der Waals surface area (Å²) in [6.45, 7) is 2.87. The van der Waals surface area contributed by atoms with E-state index in [0.29, 0.717) is 30.6 Å². The molecule has 1 aromatic heterocycles. The second-order valence-electron chi connectivity index (χ2n) is 6.30. The zero-order valence-electron chi connectivity index (χ0n) is 14.8. The van der Waals surface area contributed by atoms with E-state index in [1.54, 1.807) is 17.0 Å². The van der Waals surface area contributed by atoms with Gasteiger partial charge in [-0.1, -0.05) is 23.4 Å². The van der Waals surface area contributed by atoms with Crippen LogP contribution in [0.3, 0.4) is 0 Å². The van der Waals surface area contributed by atoms with Crippen LogP contribution in [-0.2, 0) is 4.79 Å². The van der Waals surface area contributed by atoms with Crippen LogP contribution in [0.25, 0.3) is 11.4 Å². The average Bonchev–Trinajstić information content (AvgIpc) is 3.29. The molecule has 1 aliphatic heterocycles. The molecule has 1 atom stereocenters. The molecule has 1 fully saturated rings. The molecule has 4 rings (SSSR count). The number of aromatic nitrogens is 2. The summed E-state index contributed by atoms with van der Waals surface area (Å²) in [5.74, 6) is 0.885. The maximum Gasteiger partial charge on any atom is 0.232 e. The maximum absolute atomic E-state index is 13.5. The zero-order chi connectivity index (χ0) is 18.8. The van der Waals surface area contributed by atoms with Gasteiger partial charge in [0.05, 0.1) is 12.5 Å². The molecule has 0 bridgehead atoms. The van der Waals surface area contributed by atoms with Gasteiger partial charge in [-0.25, -0.2) is 4.39 Å². The van der Waals surface area contributed by atoms with Crippen molar-refractivity contribution in [2.45, 2.75) is 19.3 Å². The van der Waals surface area contributed by atoms with E-state index < -0.39 is 0 Å². The lowest BCUT2D eigenvalue weighted by molar-refractivity contribution is -0.117. The predicted octanol–water partition coefficient (Wildman–Crippen LogP) is 3.79. The average molecular weight is 367 g/mol. The van der Waals surface area contributed by atoms with Gasteiger partial charge in [-0.05, 0) is 37.3 Å². The quantitative estimate of drug-likeness (QED) is 0.686. The highest BCUT2D eigenvalue weighted by atomic mass is 19.1. The van der Waals surface area contributed by atoms with Gasteiger partial charge in [0.2, 0.25) is 17.6 Å². The molecule has 7 heteroatoms. The van der Waals surface area contributed by atoms with E-state index in [9.17, 15) is 9.18 Å². The van der Waals surface area contributed by atoms with E-state index >= 15 is 0 Å². The lowest BCUT2D eigenvalue weighted by Gasteiger charge is -2.15. The van der Waals surface area contributed by atoms with Gasteiger partial charge in [0.1, 0.15) is 11.6 Å². The molecule has 138 valence electrons. The maximum atomic E-state index is 13.5. The van der Waals surface area contributed by atoms with Gasteiger partial charge in [0.15, 0.2) is 0 Å². The Bertz CT molecular complexity index is 972. The summed E-state index contributed by atoms with van der Waals surface area (Å²) in [7, 11) is 0. The van der Waals surface area contributed by atoms with Gasteiger partial charge in [-0.2, -0.15) is 4.98 Å². The van der Waals surface area contributed by atoms with E-state index in [2.05, 4.69) is 10.1 Å². The van der Waals surface area contributed by atoms with E-state index in [4.69, 9.17) is 9.26 Å². The molecule has 27 heavy (non-hydrogen) atoms. The molecule has 1 amide bonds. The lowest BCUT2D eigenvalue weighted by Crippen LogP contribution is -2.24. The molecule has 3 aromatic rings. The van der Waals surface area contributed by atoms with Crippen molar-refractivity contribution in [3.63, 3.8) is 0 Å². The Labute approximate surface area is 155 Å². The summed E-state index contributed by atoms with van der Waals surface area (Å²) in [5.41, 5.74) is 1.31. The minimum atomic E-state index is -0.377. The minimum absolute atomic E-state index is 0.0938. The Morgan fingerprint density at radius 1 is 1.26 bits per heavy atom. The lowest BCUT2D eigenvalue weighted by atomic mass is 10.1. The highest BCUT2D eigenvalue weighted by molar-refractivity contribution is 5.96. The number of halogens is 1. The van der Waals surface area contributed by atoms with Gasteiger partial charge in [0, 0.05) is 24.2 Å². The number of ether oxygens (including phenoxy) is 1. The molecule has 0 spiro atoms. The van der Waals surface area contributed by atoms with E-state index in [-0.39, 0.29) is 24.1 Å².